The van der Waals surface area contributed by atoms with E-state index in [2.05, 4.69) is 32.8 Å². The first kappa shape index (κ1) is 17.0. The molecule has 2 saturated heterocycles. The normalized spacial score (nSPS) is 26.6. The van der Waals surface area contributed by atoms with Gasteiger partial charge in [-0.15, -0.1) is 0 Å². The molecule has 0 aliphatic carbocycles. The third kappa shape index (κ3) is 3.48. The molecule has 0 radical (unpaired) electrons. The topological polar surface area (TPSA) is 54.7 Å². The summed E-state index contributed by atoms with van der Waals surface area (Å²) < 4.78 is 25.4. The van der Waals surface area contributed by atoms with E-state index >= 15 is 0 Å². The van der Waals surface area contributed by atoms with Crippen LogP contribution >= 0.6 is 0 Å². The molecule has 0 aromatic carbocycles. The fraction of sp³-hybridized carbons (Fsp3) is 0.812. The van der Waals surface area contributed by atoms with Crippen molar-refractivity contribution in [2.75, 3.05) is 13.2 Å². The third-order valence-corrected chi connectivity index (χ3v) is 4.96. The minimum Gasteiger partial charge on any atom is -0.399 e. The lowest BCUT2D eigenvalue weighted by atomic mass is 9.82. The van der Waals surface area contributed by atoms with E-state index in [-0.39, 0.29) is 18.3 Å². The van der Waals surface area contributed by atoms with Gasteiger partial charge in [0.2, 0.25) is 0 Å². The summed E-state index contributed by atoms with van der Waals surface area (Å²) >= 11 is 0. The monoisotopic (exact) mass is 322 g/mol. The molecular weight excluding hydrogens is 295 g/mol. The van der Waals surface area contributed by atoms with Gasteiger partial charge in [0.25, 0.3) is 0 Å². The number of hydrogen-bond donors (Lipinski definition) is 0. The van der Waals surface area contributed by atoms with Gasteiger partial charge in [-0.05, 0) is 41.5 Å². The van der Waals surface area contributed by atoms with E-state index in [1.165, 1.54) is 0 Å². The fourth-order valence-electron chi connectivity index (χ4n) is 2.68. The van der Waals surface area contributed by atoms with Crippen molar-refractivity contribution >= 4 is 12.6 Å². The Morgan fingerprint density at radius 3 is 2.22 bits per heavy atom. The van der Waals surface area contributed by atoms with Crippen LogP contribution in [0, 0.1) is 5.92 Å². The Balaban J connectivity index is 1.61. The zero-order valence-electron chi connectivity index (χ0n) is 15.0. The number of aromatic nitrogens is 2. The van der Waals surface area contributed by atoms with Gasteiger partial charge in [-0.2, -0.15) is 5.10 Å². The van der Waals surface area contributed by atoms with Crippen LogP contribution in [0.15, 0.2) is 12.4 Å². The molecule has 0 unspecified atom stereocenters. The summed E-state index contributed by atoms with van der Waals surface area (Å²) in [5, 5.41) is 4.43. The lowest BCUT2D eigenvalue weighted by Crippen LogP contribution is -2.41. The van der Waals surface area contributed by atoms with Crippen LogP contribution in [-0.4, -0.2) is 47.1 Å². The summed E-state index contributed by atoms with van der Waals surface area (Å²) in [5.41, 5.74) is 0.272. The third-order valence-electron chi connectivity index (χ3n) is 4.96. The van der Waals surface area contributed by atoms with Gasteiger partial charge in [-0.3, -0.25) is 4.68 Å². The van der Waals surface area contributed by atoms with Crippen LogP contribution in [0.4, 0.5) is 0 Å². The molecule has 1 aromatic heterocycles. The largest absolute Gasteiger partial charge is 0.498 e. The second-order valence-electron chi connectivity index (χ2n) is 7.97. The first-order valence-electron chi connectivity index (χ1n) is 8.24. The van der Waals surface area contributed by atoms with Gasteiger partial charge in [-0.25, -0.2) is 0 Å². The Morgan fingerprint density at radius 1 is 1.09 bits per heavy atom. The standard InChI is InChI=1S/C16H27BN2O4/c1-14(2)15(3,4)23-17(22-14)13-7-18-19(9-13)8-12-10-20-16(5,6)21-11-12/h7,9,12H,8,10-11H2,1-6H3. The maximum absolute atomic E-state index is 6.06. The zero-order valence-corrected chi connectivity index (χ0v) is 15.0. The van der Waals surface area contributed by atoms with Gasteiger partial charge in [0.15, 0.2) is 5.79 Å². The van der Waals surface area contributed by atoms with E-state index in [1.807, 2.05) is 30.9 Å². The van der Waals surface area contributed by atoms with E-state index < -0.39 is 5.79 Å². The molecule has 6 nitrogen and oxygen atoms in total. The average molecular weight is 322 g/mol. The molecule has 1 aromatic rings. The first-order chi connectivity index (χ1) is 10.6. The molecule has 0 bridgehead atoms. The summed E-state index contributed by atoms with van der Waals surface area (Å²) in [6.07, 6.45) is 3.80. The zero-order chi connectivity index (χ0) is 16.9. The SMILES string of the molecule is CC1(C)OCC(Cn2cc(B3OC(C)(C)C(C)(C)O3)cn2)CO1. The molecule has 3 heterocycles. The van der Waals surface area contributed by atoms with Gasteiger partial charge in [0.05, 0.1) is 24.4 Å². The Bertz CT molecular complexity index is 544. The summed E-state index contributed by atoms with van der Waals surface area (Å²) in [6, 6.07) is 0. The van der Waals surface area contributed by atoms with E-state index in [0.29, 0.717) is 19.1 Å². The molecule has 2 aliphatic heterocycles. The van der Waals surface area contributed by atoms with Crippen molar-refractivity contribution in [3.63, 3.8) is 0 Å². The molecule has 0 amide bonds. The molecule has 2 fully saturated rings. The Hall–Kier alpha value is -0.885. The van der Waals surface area contributed by atoms with Gasteiger partial charge in [0, 0.05) is 30.3 Å². The highest BCUT2D eigenvalue weighted by Crippen LogP contribution is 2.36. The van der Waals surface area contributed by atoms with Crippen LogP contribution in [0.2, 0.25) is 0 Å². The lowest BCUT2D eigenvalue weighted by molar-refractivity contribution is -0.263. The minimum atomic E-state index is -0.478. The molecular formula is C16H27BN2O4. The van der Waals surface area contributed by atoms with Crippen molar-refractivity contribution in [1.29, 1.82) is 0 Å². The van der Waals surface area contributed by atoms with Gasteiger partial charge in [-0.1, -0.05) is 0 Å². The van der Waals surface area contributed by atoms with Gasteiger partial charge >= 0.3 is 7.12 Å². The smallest absolute Gasteiger partial charge is 0.399 e. The maximum Gasteiger partial charge on any atom is 0.498 e. The van der Waals surface area contributed by atoms with Crippen molar-refractivity contribution in [2.24, 2.45) is 5.92 Å². The number of nitrogens with zero attached hydrogens (tertiary/aromatic N) is 2. The minimum absolute atomic E-state index is 0.300. The summed E-state index contributed by atoms with van der Waals surface area (Å²) in [5.74, 6) is -0.178. The summed E-state index contributed by atoms with van der Waals surface area (Å²) in [7, 11) is -0.369. The molecule has 0 N–H and O–H groups in total. The average Bonchev–Trinajstić information content (AvgIpc) is 2.96. The lowest BCUT2D eigenvalue weighted by Gasteiger charge is -2.34. The van der Waals surface area contributed by atoms with Crippen molar-refractivity contribution in [2.45, 2.75) is 65.1 Å². The quantitative estimate of drug-likeness (QED) is 0.791. The van der Waals surface area contributed by atoms with Crippen LogP contribution in [0.5, 0.6) is 0 Å². The van der Waals surface area contributed by atoms with Gasteiger partial charge in [0.1, 0.15) is 0 Å². The van der Waals surface area contributed by atoms with Crippen molar-refractivity contribution in [1.82, 2.24) is 9.78 Å². The van der Waals surface area contributed by atoms with Crippen LogP contribution in [-0.2, 0) is 25.3 Å². The number of rotatable bonds is 3. The van der Waals surface area contributed by atoms with E-state index in [0.717, 1.165) is 12.0 Å². The summed E-state index contributed by atoms with van der Waals surface area (Å²) in [4.78, 5) is 0. The predicted octanol–water partition coefficient (Wildman–Crippen LogP) is 1.58. The molecule has 0 atom stereocenters. The fourth-order valence-corrected chi connectivity index (χ4v) is 2.68. The highest BCUT2D eigenvalue weighted by atomic mass is 16.7. The van der Waals surface area contributed by atoms with Gasteiger partial charge < -0.3 is 18.8 Å². The van der Waals surface area contributed by atoms with Crippen LogP contribution in [0.3, 0.4) is 0 Å². The highest BCUT2D eigenvalue weighted by molar-refractivity contribution is 6.61. The maximum atomic E-state index is 6.06. The molecule has 23 heavy (non-hydrogen) atoms. The van der Waals surface area contributed by atoms with Crippen molar-refractivity contribution in [3.8, 4) is 0 Å². The molecule has 128 valence electrons. The molecule has 7 heteroatoms. The van der Waals surface area contributed by atoms with E-state index in [9.17, 15) is 0 Å². The van der Waals surface area contributed by atoms with Crippen molar-refractivity contribution < 1.29 is 18.8 Å². The molecule has 3 rings (SSSR count). The van der Waals surface area contributed by atoms with E-state index in [4.69, 9.17) is 18.8 Å². The molecule has 2 aliphatic rings. The van der Waals surface area contributed by atoms with Crippen LogP contribution in [0.25, 0.3) is 0 Å². The van der Waals surface area contributed by atoms with Crippen molar-refractivity contribution in [3.05, 3.63) is 12.4 Å². The van der Waals surface area contributed by atoms with Crippen LogP contribution in [0.1, 0.15) is 41.5 Å². The van der Waals surface area contributed by atoms with E-state index in [1.54, 1.807) is 0 Å². The highest BCUT2D eigenvalue weighted by Gasteiger charge is 2.52. The predicted molar refractivity (Wildman–Crippen MR) is 87.4 cm³/mol. The first-order valence-corrected chi connectivity index (χ1v) is 8.24. The Labute approximate surface area is 138 Å². The Kier molecular flexibility index (Phi) is 4.12. The number of hydrogen-bond acceptors (Lipinski definition) is 5. The molecule has 0 saturated carbocycles. The second-order valence-corrected chi connectivity index (χ2v) is 7.97. The second kappa shape index (κ2) is 5.58. The Morgan fingerprint density at radius 2 is 1.65 bits per heavy atom. The van der Waals surface area contributed by atoms with Crippen LogP contribution < -0.4 is 5.46 Å². The summed E-state index contributed by atoms with van der Waals surface area (Å²) in [6.45, 7) is 14.2. The molecule has 0 spiro atoms. The number of ether oxygens (including phenoxy) is 2.